The summed E-state index contributed by atoms with van der Waals surface area (Å²) < 4.78 is 48.8. The first-order valence-corrected chi connectivity index (χ1v) is 9.63. The monoisotopic (exact) mass is 330 g/mol. The molecule has 2 N–H and O–H groups in total. The number of aliphatic carboxylic acids is 1. The van der Waals surface area contributed by atoms with Crippen LogP contribution < -0.4 is 4.72 Å². The van der Waals surface area contributed by atoms with E-state index in [0.29, 0.717) is 6.42 Å². The first-order chi connectivity index (χ1) is 8.99. The van der Waals surface area contributed by atoms with E-state index in [1.807, 2.05) is 11.6 Å². The van der Waals surface area contributed by atoms with Gasteiger partial charge in [-0.05, 0) is 12.8 Å². The van der Waals surface area contributed by atoms with Crippen LogP contribution in [0.5, 0.6) is 0 Å². The Labute approximate surface area is 120 Å². The molecule has 0 saturated heterocycles. The van der Waals surface area contributed by atoms with Crippen LogP contribution in [0.3, 0.4) is 0 Å². The summed E-state index contributed by atoms with van der Waals surface area (Å²) >= 11 is 0. The third kappa shape index (κ3) is 7.78. The van der Waals surface area contributed by atoms with Crippen molar-refractivity contribution in [1.82, 2.24) is 9.03 Å². The van der Waals surface area contributed by atoms with Crippen molar-refractivity contribution < 1.29 is 26.7 Å². The molecule has 8 nitrogen and oxygen atoms in total. The molecule has 0 saturated carbocycles. The molecular weight excluding hydrogens is 308 g/mol. The smallest absolute Gasteiger partial charge is 0.321 e. The van der Waals surface area contributed by atoms with Gasteiger partial charge in [-0.25, -0.2) is 8.42 Å². The molecule has 0 heterocycles. The fourth-order valence-corrected chi connectivity index (χ4v) is 3.13. The van der Waals surface area contributed by atoms with Crippen molar-refractivity contribution in [3.63, 3.8) is 0 Å². The Morgan fingerprint density at radius 3 is 2.25 bits per heavy atom. The number of carboxylic acids is 1. The van der Waals surface area contributed by atoms with Gasteiger partial charge in [0.25, 0.3) is 10.2 Å². The lowest BCUT2D eigenvalue weighted by atomic mass is 10.2. The normalized spacial score (nSPS) is 14.4. The summed E-state index contributed by atoms with van der Waals surface area (Å²) in [5, 5.41) is 8.95. The predicted octanol–water partition coefficient (Wildman–Crippen LogP) is -0.559. The molecule has 0 bridgehead atoms. The molecule has 0 aromatic carbocycles. The fourth-order valence-electron chi connectivity index (χ4n) is 1.34. The van der Waals surface area contributed by atoms with Crippen molar-refractivity contribution in [2.75, 3.05) is 25.6 Å². The Hall–Kier alpha value is -0.710. The number of carboxylic acid groups (broad SMARTS) is 1. The second kappa shape index (κ2) is 7.91. The third-order valence-corrected chi connectivity index (χ3v) is 5.17. The molecule has 1 unspecified atom stereocenters. The van der Waals surface area contributed by atoms with Crippen molar-refractivity contribution in [2.24, 2.45) is 0 Å². The Morgan fingerprint density at radius 2 is 1.85 bits per heavy atom. The van der Waals surface area contributed by atoms with Gasteiger partial charge in [-0.2, -0.15) is 17.4 Å². The molecule has 0 amide bonds. The van der Waals surface area contributed by atoms with Gasteiger partial charge in [-0.1, -0.05) is 13.3 Å². The largest absolute Gasteiger partial charge is 0.480 e. The number of hydrogen-bond acceptors (Lipinski definition) is 5. The lowest BCUT2D eigenvalue weighted by Gasteiger charge is -2.20. The Bertz CT molecular complexity index is 514. The maximum absolute atomic E-state index is 11.9. The van der Waals surface area contributed by atoms with Crippen LogP contribution in [-0.4, -0.2) is 63.9 Å². The van der Waals surface area contributed by atoms with E-state index in [4.69, 9.17) is 5.11 Å². The van der Waals surface area contributed by atoms with Gasteiger partial charge in [-0.3, -0.25) is 4.79 Å². The minimum absolute atomic E-state index is 0.268. The Balaban J connectivity index is 4.77. The molecule has 0 radical (unpaired) electrons. The molecule has 0 aliphatic carbocycles. The Kier molecular flexibility index (Phi) is 7.63. The van der Waals surface area contributed by atoms with E-state index < -0.39 is 37.8 Å². The Morgan fingerprint density at radius 1 is 1.30 bits per heavy atom. The average molecular weight is 330 g/mol. The second-order valence-electron chi connectivity index (χ2n) is 4.61. The highest BCUT2D eigenvalue weighted by atomic mass is 32.2. The van der Waals surface area contributed by atoms with E-state index in [2.05, 4.69) is 0 Å². The summed E-state index contributed by atoms with van der Waals surface area (Å²) in [5.74, 6) is -1.80. The van der Waals surface area contributed by atoms with E-state index >= 15 is 0 Å². The van der Waals surface area contributed by atoms with Crippen molar-refractivity contribution in [2.45, 2.75) is 32.2 Å². The van der Waals surface area contributed by atoms with Crippen LogP contribution in [0.4, 0.5) is 0 Å². The number of sulfone groups is 1. The zero-order valence-electron chi connectivity index (χ0n) is 11.9. The van der Waals surface area contributed by atoms with Crippen LogP contribution in [0, 0.1) is 0 Å². The van der Waals surface area contributed by atoms with Crippen LogP contribution in [0.15, 0.2) is 0 Å². The van der Waals surface area contributed by atoms with Gasteiger partial charge in [0.1, 0.15) is 15.9 Å². The zero-order chi connectivity index (χ0) is 16.0. The summed E-state index contributed by atoms with van der Waals surface area (Å²) in [6.07, 6.45) is 2.11. The van der Waals surface area contributed by atoms with Crippen molar-refractivity contribution in [3.8, 4) is 0 Å². The standard InChI is InChI=1S/C10H22N2O6S2/c1-4-5-7-12(2)20(17,18)11-9(10(13)14)6-8-19(3,15)16/h9,11H,4-8H2,1-3H3,(H,13,14). The molecule has 0 rings (SSSR count). The highest BCUT2D eigenvalue weighted by molar-refractivity contribution is 7.90. The van der Waals surface area contributed by atoms with Crippen molar-refractivity contribution in [1.29, 1.82) is 0 Å². The molecule has 120 valence electrons. The maximum Gasteiger partial charge on any atom is 0.321 e. The van der Waals surface area contributed by atoms with Gasteiger partial charge >= 0.3 is 5.97 Å². The van der Waals surface area contributed by atoms with Crippen LogP contribution in [0.2, 0.25) is 0 Å². The summed E-state index contributed by atoms with van der Waals surface area (Å²) in [5.41, 5.74) is 0. The van der Waals surface area contributed by atoms with E-state index in [1.54, 1.807) is 0 Å². The van der Waals surface area contributed by atoms with Gasteiger partial charge in [0.15, 0.2) is 0 Å². The second-order valence-corrected chi connectivity index (χ2v) is 8.68. The fraction of sp³-hybridized carbons (Fsp3) is 0.900. The van der Waals surface area contributed by atoms with E-state index in [9.17, 15) is 21.6 Å². The molecule has 0 aromatic heterocycles. The van der Waals surface area contributed by atoms with Gasteiger partial charge in [0, 0.05) is 19.8 Å². The molecule has 10 heteroatoms. The lowest BCUT2D eigenvalue weighted by Crippen LogP contribution is -2.47. The predicted molar refractivity (Wildman–Crippen MR) is 75.3 cm³/mol. The number of carbonyl (C=O) groups is 1. The van der Waals surface area contributed by atoms with Crippen LogP contribution >= 0.6 is 0 Å². The van der Waals surface area contributed by atoms with Crippen molar-refractivity contribution >= 4 is 26.0 Å². The minimum Gasteiger partial charge on any atom is -0.480 e. The van der Waals surface area contributed by atoms with Crippen molar-refractivity contribution in [3.05, 3.63) is 0 Å². The van der Waals surface area contributed by atoms with Gasteiger partial charge in [0.05, 0.1) is 5.75 Å². The van der Waals surface area contributed by atoms with E-state index in [1.165, 1.54) is 7.05 Å². The number of nitrogens with zero attached hydrogens (tertiary/aromatic N) is 1. The van der Waals surface area contributed by atoms with Crippen LogP contribution in [0.1, 0.15) is 26.2 Å². The first-order valence-electron chi connectivity index (χ1n) is 6.13. The molecule has 0 spiro atoms. The summed E-state index contributed by atoms with van der Waals surface area (Å²) in [7, 11) is -5.95. The molecular formula is C10H22N2O6S2. The van der Waals surface area contributed by atoms with Crippen LogP contribution in [-0.2, 0) is 24.8 Å². The van der Waals surface area contributed by atoms with Gasteiger partial charge in [0.2, 0.25) is 0 Å². The van der Waals surface area contributed by atoms with Crippen LogP contribution in [0.25, 0.3) is 0 Å². The minimum atomic E-state index is -3.94. The number of rotatable bonds is 10. The van der Waals surface area contributed by atoms with E-state index in [-0.39, 0.29) is 13.0 Å². The summed E-state index contributed by atoms with van der Waals surface area (Å²) in [4.78, 5) is 11.0. The van der Waals surface area contributed by atoms with E-state index in [0.717, 1.165) is 17.0 Å². The maximum atomic E-state index is 11.9. The highest BCUT2D eigenvalue weighted by Crippen LogP contribution is 2.03. The third-order valence-electron chi connectivity index (χ3n) is 2.60. The molecule has 0 aliphatic rings. The zero-order valence-corrected chi connectivity index (χ0v) is 13.5. The first kappa shape index (κ1) is 19.3. The van der Waals surface area contributed by atoms with Gasteiger partial charge < -0.3 is 5.11 Å². The quantitative estimate of drug-likeness (QED) is 0.554. The number of unbranched alkanes of at least 4 members (excludes halogenated alkanes) is 1. The summed E-state index contributed by atoms with van der Waals surface area (Å²) in [6, 6.07) is -1.46. The molecule has 20 heavy (non-hydrogen) atoms. The topological polar surface area (TPSA) is 121 Å². The SMILES string of the molecule is CCCCN(C)S(=O)(=O)NC(CCS(C)(=O)=O)C(=O)O. The lowest BCUT2D eigenvalue weighted by molar-refractivity contribution is -0.139. The number of hydrogen-bond donors (Lipinski definition) is 2. The molecule has 1 atom stereocenters. The highest BCUT2D eigenvalue weighted by Gasteiger charge is 2.27. The molecule has 0 aliphatic heterocycles. The average Bonchev–Trinajstić information content (AvgIpc) is 2.29. The summed E-state index contributed by atoms with van der Waals surface area (Å²) in [6.45, 7) is 2.17. The van der Waals surface area contributed by atoms with Gasteiger partial charge in [-0.15, -0.1) is 0 Å². The molecule has 0 fully saturated rings. The number of nitrogens with one attached hydrogen (secondary N) is 1. The molecule has 0 aromatic rings.